The summed E-state index contributed by atoms with van der Waals surface area (Å²) >= 11 is 0. The Morgan fingerprint density at radius 1 is 1.40 bits per heavy atom. The van der Waals surface area contributed by atoms with Crippen LogP contribution in [0, 0.1) is 5.92 Å². The number of aromatic nitrogens is 1. The number of rotatable bonds is 3. The van der Waals surface area contributed by atoms with Gasteiger partial charge in [-0.25, -0.2) is 8.42 Å². The molecule has 0 aliphatic rings. The molecule has 0 aliphatic carbocycles. The summed E-state index contributed by atoms with van der Waals surface area (Å²) in [6.07, 6.45) is 0. The average molecular weight is 250 g/mol. The summed E-state index contributed by atoms with van der Waals surface area (Å²) in [4.78, 5) is 11.5. The Labute approximate surface area is 92.9 Å². The van der Waals surface area contributed by atoms with Crippen molar-refractivity contribution in [3.8, 4) is 0 Å². The van der Waals surface area contributed by atoms with Crippen molar-refractivity contribution in [3.63, 3.8) is 0 Å². The number of halogens is 1. The number of nitrogens with zero attached hydrogens (tertiary/aromatic N) is 1. The van der Waals surface area contributed by atoms with E-state index < -0.39 is 9.05 Å². The van der Waals surface area contributed by atoms with Gasteiger partial charge < -0.3 is 0 Å². The van der Waals surface area contributed by atoms with Crippen LogP contribution in [0.15, 0.2) is 28.0 Å². The van der Waals surface area contributed by atoms with Crippen molar-refractivity contribution >= 4 is 19.7 Å². The van der Waals surface area contributed by atoms with Crippen LogP contribution in [0.3, 0.4) is 0 Å². The molecule has 0 unspecified atom stereocenters. The van der Waals surface area contributed by atoms with Gasteiger partial charge in [0.2, 0.25) is 0 Å². The van der Waals surface area contributed by atoms with Gasteiger partial charge >= 0.3 is 0 Å². The SMILES string of the molecule is CC(C)Cn1c(S(=O)(=O)Cl)cccc1=O. The van der Waals surface area contributed by atoms with E-state index in [9.17, 15) is 13.2 Å². The normalized spacial score (nSPS) is 12.0. The Balaban J connectivity index is 3.40. The third-order valence-electron chi connectivity index (χ3n) is 1.81. The first-order valence-corrected chi connectivity index (χ1v) is 6.78. The lowest BCUT2D eigenvalue weighted by Crippen LogP contribution is -2.25. The summed E-state index contributed by atoms with van der Waals surface area (Å²) < 4.78 is 23.6. The van der Waals surface area contributed by atoms with E-state index >= 15 is 0 Å². The first-order chi connectivity index (χ1) is 6.82. The maximum Gasteiger partial charge on any atom is 0.276 e. The van der Waals surface area contributed by atoms with Crippen molar-refractivity contribution in [3.05, 3.63) is 28.6 Å². The Morgan fingerprint density at radius 3 is 2.47 bits per heavy atom. The van der Waals surface area contributed by atoms with Crippen LogP contribution in [0.5, 0.6) is 0 Å². The lowest BCUT2D eigenvalue weighted by Gasteiger charge is -2.11. The van der Waals surface area contributed by atoms with Crippen LogP contribution in [0.4, 0.5) is 0 Å². The summed E-state index contributed by atoms with van der Waals surface area (Å²) in [5.41, 5.74) is -0.356. The smallest absolute Gasteiger partial charge is 0.276 e. The molecule has 1 heterocycles. The van der Waals surface area contributed by atoms with Crippen molar-refractivity contribution in [2.75, 3.05) is 0 Å². The zero-order valence-corrected chi connectivity index (χ0v) is 10.0. The second kappa shape index (κ2) is 4.37. The number of hydrogen-bond acceptors (Lipinski definition) is 3. The fourth-order valence-corrected chi connectivity index (χ4v) is 2.33. The highest BCUT2D eigenvalue weighted by atomic mass is 35.7. The van der Waals surface area contributed by atoms with E-state index in [2.05, 4.69) is 0 Å². The highest BCUT2D eigenvalue weighted by Gasteiger charge is 2.16. The predicted octanol–water partition coefficient (Wildman–Crippen LogP) is 1.43. The minimum atomic E-state index is -3.87. The van der Waals surface area contributed by atoms with Crippen molar-refractivity contribution in [1.82, 2.24) is 4.57 Å². The molecule has 0 N–H and O–H groups in total. The zero-order valence-electron chi connectivity index (χ0n) is 8.47. The van der Waals surface area contributed by atoms with Gasteiger partial charge in [-0.2, -0.15) is 0 Å². The molecule has 0 saturated carbocycles. The van der Waals surface area contributed by atoms with Crippen LogP contribution in [0.2, 0.25) is 0 Å². The number of pyridine rings is 1. The van der Waals surface area contributed by atoms with E-state index in [1.54, 1.807) is 0 Å². The third kappa shape index (κ3) is 3.07. The second-order valence-corrected chi connectivity index (χ2v) is 6.16. The van der Waals surface area contributed by atoms with Gasteiger partial charge in [0.25, 0.3) is 14.6 Å². The van der Waals surface area contributed by atoms with E-state index in [4.69, 9.17) is 10.7 Å². The molecule has 4 nitrogen and oxygen atoms in total. The number of hydrogen-bond donors (Lipinski definition) is 0. The van der Waals surface area contributed by atoms with E-state index in [0.29, 0.717) is 6.54 Å². The van der Waals surface area contributed by atoms with Gasteiger partial charge in [0, 0.05) is 23.3 Å². The van der Waals surface area contributed by atoms with Crippen LogP contribution in [-0.2, 0) is 15.6 Å². The summed E-state index contributed by atoms with van der Waals surface area (Å²) in [5, 5.41) is -0.148. The minimum absolute atomic E-state index is 0.148. The molecule has 1 rings (SSSR count). The van der Waals surface area contributed by atoms with Crippen LogP contribution in [0.25, 0.3) is 0 Å². The third-order valence-corrected chi connectivity index (χ3v) is 3.14. The molecule has 0 bridgehead atoms. The van der Waals surface area contributed by atoms with Gasteiger partial charge in [0.1, 0.15) is 0 Å². The van der Waals surface area contributed by atoms with Crippen LogP contribution < -0.4 is 5.56 Å². The van der Waals surface area contributed by atoms with E-state index in [-0.39, 0.29) is 16.5 Å². The second-order valence-electron chi connectivity index (χ2n) is 3.64. The maximum absolute atomic E-state index is 11.5. The van der Waals surface area contributed by atoms with E-state index in [0.717, 1.165) is 0 Å². The van der Waals surface area contributed by atoms with Crippen molar-refractivity contribution < 1.29 is 8.42 Å². The summed E-state index contributed by atoms with van der Waals surface area (Å²) in [5.74, 6) is 0.169. The minimum Gasteiger partial charge on any atom is -0.298 e. The molecule has 15 heavy (non-hydrogen) atoms. The maximum atomic E-state index is 11.5. The Kier molecular flexibility index (Phi) is 3.57. The molecule has 0 radical (unpaired) electrons. The van der Waals surface area contributed by atoms with Crippen molar-refractivity contribution in [2.45, 2.75) is 25.4 Å². The Bertz CT molecular complexity index is 504. The van der Waals surface area contributed by atoms with Gasteiger partial charge in [0.15, 0.2) is 5.03 Å². The standard InChI is InChI=1S/C9H12ClNO3S/c1-7(2)6-11-8(12)4-3-5-9(11)15(10,13)14/h3-5,7H,6H2,1-2H3. The van der Waals surface area contributed by atoms with Crippen LogP contribution in [0.1, 0.15) is 13.8 Å². The Morgan fingerprint density at radius 2 is 2.00 bits per heavy atom. The van der Waals surface area contributed by atoms with E-state index in [1.807, 2.05) is 13.8 Å². The molecule has 0 saturated heterocycles. The molecule has 0 fully saturated rings. The van der Waals surface area contributed by atoms with Gasteiger partial charge in [-0.3, -0.25) is 9.36 Å². The van der Waals surface area contributed by atoms with Gasteiger partial charge in [0.05, 0.1) is 0 Å². The monoisotopic (exact) mass is 249 g/mol. The molecule has 1 aromatic rings. The van der Waals surface area contributed by atoms with Gasteiger partial charge in [-0.1, -0.05) is 19.9 Å². The molecule has 0 amide bonds. The van der Waals surface area contributed by atoms with Gasteiger partial charge in [-0.15, -0.1) is 0 Å². The molecular formula is C9H12ClNO3S. The van der Waals surface area contributed by atoms with Gasteiger partial charge in [-0.05, 0) is 12.0 Å². The molecule has 84 valence electrons. The summed E-state index contributed by atoms with van der Waals surface area (Å²) in [6, 6.07) is 4.02. The lowest BCUT2D eigenvalue weighted by molar-refractivity contribution is 0.476. The highest BCUT2D eigenvalue weighted by molar-refractivity contribution is 8.13. The first kappa shape index (κ1) is 12.3. The average Bonchev–Trinajstić information content (AvgIpc) is 2.05. The largest absolute Gasteiger partial charge is 0.298 e. The molecule has 0 aromatic carbocycles. The molecule has 6 heteroatoms. The fourth-order valence-electron chi connectivity index (χ4n) is 1.26. The predicted molar refractivity (Wildman–Crippen MR) is 58.6 cm³/mol. The summed E-state index contributed by atoms with van der Waals surface area (Å²) in [7, 11) is 1.37. The van der Waals surface area contributed by atoms with Crippen LogP contribution in [-0.4, -0.2) is 13.0 Å². The first-order valence-electron chi connectivity index (χ1n) is 4.47. The topological polar surface area (TPSA) is 56.1 Å². The molecule has 1 aromatic heterocycles. The van der Waals surface area contributed by atoms with Crippen LogP contribution >= 0.6 is 10.7 Å². The van der Waals surface area contributed by atoms with Crippen molar-refractivity contribution in [1.29, 1.82) is 0 Å². The lowest BCUT2D eigenvalue weighted by atomic mass is 10.2. The quantitative estimate of drug-likeness (QED) is 0.762. The summed E-state index contributed by atoms with van der Waals surface area (Å²) in [6.45, 7) is 4.12. The van der Waals surface area contributed by atoms with Crippen molar-refractivity contribution in [2.24, 2.45) is 5.92 Å². The molecule has 0 spiro atoms. The molecular weight excluding hydrogens is 238 g/mol. The Hall–Kier alpha value is -0.810. The molecule has 0 atom stereocenters. The van der Waals surface area contributed by atoms with E-state index in [1.165, 1.54) is 22.8 Å². The molecule has 0 aliphatic heterocycles. The fraction of sp³-hybridized carbons (Fsp3) is 0.444. The zero-order chi connectivity index (χ0) is 11.6. The highest BCUT2D eigenvalue weighted by Crippen LogP contribution is 2.13.